The molecule has 6 nitrogen and oxygen atoms in total. The van der Waals surface area contributed by atoms with Gasteiger partial charge in [-0.05, 0) is 55.0 Å². The minimum atomic E-state index is -0.640. The summed E-state index contributed by atoms with van der Waals surface area (Å²) < 4.78 is 5.15. The van der Waals surface area contributed by atoms with Gasteiger partial charge in [0.1, 0.15) is 0 Å². The Hall–Kier alpha value is -4.06. The standard InChI is InChI=1S/C29H25NO5/c31-26(20-9-5-2-6-10-20)18-35-29(34)21-11-14-23(15-12-21)30-27(32)24-16-13-22(17-25(24)28(30)33)19-7-3-1-4-8-19/h1-12,14-15,22,24-25H,13,16-18H2/t22-,24-,25-/m1/s1. The van der Waals surface area contributed by atoms with E-state index in [1.165, 1.54) is 22.6 Å². The number of hydrogen-bond acceptors (Lipinski definition) is 5. The summed E-state index contributed by atoms with van der Waals surface area (Å²) in [6.07, 6.45) is 2.23. The molecule has 0 bridgehead atoms. The molecule has 35 heavy (non-hydrogen) atoms. The molecule has 1 heterocycles. The van der Waals surface area contributed by atoms with Crippen molar-refractivity contribution in [2.45, 2.75) is 25.2 Å². The summed E-state index contributed by atoms with van der Waals surface area (Å²) in [4.78, 5) is 52.2. The van der Waals surface area contributed by atoms with Gasteiger partial charge in [0.05, 0.1) is 23.1 Å². The van der Waals surface area contributed by atoms with Crippen LogP contribution in [0.4, 0.5) is 5.69 Å². The number of ketones is 1. The second-order valence-corrected chi connectivity index (χ2v) is 9.06. The first kappa shape index (κ1) is 22.7. The number of imide groups is 1. The quantitative estimate of drug-likeness (QED) is 0.296. The van der Waals surface area contributed by atoms with Crippen LogP contribution < -0.4 is 4.90 Å². The van der Waals surface area contributed by atoms with Gasteiger partial charge in [-0.3, -0.25) is 19.3 Å². The van der Waals surface area contributed by atoms with Gasteiger partial charge in [-0.25, -0.2) is 4.79 Å². The molecule has 1 saturated heterocycles. The Balaban J connectivity index is 1.24. The third kappa shape index (κ3) is 4.52. The zero-order valence-corrected chi connectivity index (χ0v) is 19.1. The largest absolute Gasteiger partial charge is 0.454 e. The highest BCUT2D eigenvalue weighted by atomic mass is 16.5. The van der Waals surface area contributed by atoms with Crippen molar-refractivity contribution in [3.8, 4) is 0 Å². The molecule has 0 spiro atoms. The maximum absolute atomic E-state index is 13.2. The average Bonchev–Trinajstić information content (AvgIpc) is 3.17. The van der Waals surface area contributed by atoms with Crippen molar-refractivity contribution < 1.29 is 23.9 Å². The Bertz CT molecular complexity index is 1250. The third-order valence-corrected chi connectivity index (χ3v) is 6.99. The van der Waals surface area contributed by atoms with Crippen molar-refractivity contribution in [2.24, 2.45) is 11.8 Å². The topological polar surface area (TPSA) is 80.8 Å². The van der Waals surface area contributed by atoms with Crippen LogP contribution in [0, 0.1) is 11.8 Å². The van der Waals surface area contributed by atoms with Gasteiger partial charge < -0.3 is 4.74 Å². The van der Waals surface area contributed by atoms with Crippen molar-refractivity contribution in [2.75, 3.05) is 11.5 Å². The highest BCUT2D eigenvalue weighted by Crippen LogP contribution is 2.45. The van der Waals surface area contributed by atoms with Crippen molar-refractivity contribution >= 4 is 29.3 Å². The van der Waals surface area contributed by atoms with E-state index in [0.29, 0.717) is 24.1 Å². The number of anilines is 1. The number of rotatable bonds is 6. The monoisotopic (exact) mass is 467 g/mol. The number of fused-ring (bicyclic) bond motifs is 1. The lowest BCUT2D eigenvalue weighted by molar-refractivity contribution is -0.122. The molecule has 2 aliphatic rings. The minimum Gasteiger partial charge on any atom is -0.454 e. The second-order valence-electron chi connectivity index (χ2n) is 9.06. The van der Waals surface area contributed by atoms with Crippen LogP contribution in [-0.4, -0.2) is 30.2 Å². The van der Waals surface area contributed by atoms with E-state index in [9.17, 15) is 19.2 Å². The van der Waals surface area contributed by atoms with Crippen molar-refractivity contribution in [1.82, 2.24) is 0 Å². The summed E-state index contributed by atoms with van der Waals surface area (Å²) in [5, 5.41) is 0. The zero-order chi connectivity index (χ0) is 24.4. The molecule has 3 aromatic carbocycles. The molecule has 2 amide bonds. The molecule has 1 saturated carbocycles. The molecule has 2 fully saturated rings. The molecule has 6 heteroatoms. The lowest BCUT2D eigenvalue weighted by Gasteiger charge is -2.28. The van der Waals surface area contributed by atoms with E-state index in [-0.39, 0.29) is 47.5 Å². The number of ether oxygens (including phenoxy) is 1. The van der Waals surface area contributed by atoms with Gasteiger partial charge in [0.25, 0.3) is 0 Å². The van der Waals surface area contributed by atoms with Crippen LogP contribution in [0.1, 0.15) is 51.5 Å². The number of benzene rings is 3. The van der Waals surface area contributed by atoms with E-state index in [4.69, 9.17) is 4.74 Å². The van der Waals surface area contributed by atoms with Crippen LogP contribution in [0.25, 0.3) is 0 Å². The summed E-state index contributed by atoms with van der Waals surface area (Å²) in [6, 6.07) is 24.9. The molecule has 0 unspecified atom stereocenters. The molecule has 5 rings (SSSR count). The SMILES string of the molecule is O=C(COC(=O)c1ccc(N2C(=O)[C@@H]3CC[C@@H](c4ccccc4)C[C@H]3C2=O)cc1)c1ccccc1. The van der Waals surface area contributed by atoms with Crippen LogP contribution in [0.15, 0.2) is 84.9 Å². The Kier molecular flexibility index (Phi) is 6.27. The number of esters is 1. The van der Waals surface area contributed by atoms with E-state index < -0.39 is 5.97 Å². The van der Waals surface area contributed by atoms with Gasteiger partial charge in [-0.1, -0.05) is 60.7 Å². The van der Waals surface area contributed by atoms with Gasteiger partial charge in [0, 0.05) is 5.56 Å². The van der Waals surface area contributed by atoms with Crippen LogP contribution in [0.2, 0.25) is 0 Å². The van der Waals surface area contributed by atoms with Crippen LogP contribution in [0.5, 0.6) is 0 Å². The van der Waals surface area contributed by atoms with Gasteiger partial charge >= 0.3 is 5.97 Å². The molecule has 176 valence electrons. The van der Waals surface area contributed by atoms with Crippen LogP contribution in [0.3, 0.4) is 0 Å². The lowest BCUT2D eigenvalue weighted by atomic mass is 9.73. The third-order valence-electron chi connectivity index (χ3n) is 6.99. The van der Waals surface area contributed by atoms with Crippen molar-refractivity contribution in [1.29, 1.82) is 0 Å². The molecular weight excluding hydrogens is 442 g/mol. The highest BCUT2D eigenvalue weighted by molar-refractivity contribution is 6.22. The number of carbonyl (C=O) groups excluding carboxylic acids is 4. The minimum absolute atomic E-state index is 0.171. The van der Waals surface area contributed by atoms with Gasteiger partial charge in [-0.2, -0.15) is 0 Å². The number of Topliss-reactive ketones (excluding diaryl/α,β-unsaturated/α-hetero) is 1. The Morgan fingerprint density at radius 2 is 1.37 bits per heavy atom. The fourth-order valence-corrected chi connectivity index (χ4v) is 5.13. The molecule has 3 atom stereocenters. The maximum atomic E-state index is 13.2. The van der Waals surface area contributed by atoms with E-state index in [1.807, 2.05) is 18.2 Å². The molecule has 0 aromatic heterocycles. The first-order chi connectivity index (χ1) is 17.0. The smallest absolute Gasteiger partial charge is 0.338 e. The normalized spacial score (nSPS) is 21.5. The van der Waals surface area contributed by atoms with E-state index in [2.05, 4.69) is 12.1 Å². The highest BCUT2D eigenvalue weighted by Gasteiger charge is 2.50. The molecule has 1 aliphatic carbocycles. The molecular formula is C29H25NO5. The predicted octanol–water partition coefficient (Wildman–Crippen LogP) is 4.80. The van der Waals surface area contributed by atoms with Crippen LogP contribution in [-0.2, 0) is 14.3 Å². The summed E-state index contributed by atoms with van der Waals surface area (Å²) >= 11 is 0. The van der Waals surface area contributed by atoms with Gasteiger partial charge in [-0.15, -0.1) is 0 Å². The summed E-state index contributed by atoms with van der Waals surface area (Å²) in [5.74, 6) is -1.63. The van der Waals surface area contributed by atoms with Gasteiger partial charge in [0.2, 0.25) is 11.8 Å². The molecule has 1 aliphatic heterocycles. The maximum Gasteiger partial charge on any atom is 0.338 e. The second kappa shape index (κ2) is 9.66. The Morgan fingerprint density at radius 1 is 0.743 bits per heavy atom. The summed E-state index contributed by atoms with van der Waals surface area (Å²) in [7, 11) is 0. The Labute approximate surface area is 203 Å². The van der Waals surface area contributed by atoms with Gasteiger partial charge in [0.15, 0.2) is 12.4 Å². The van der Waals surface area contributed by atoms with E-state index >= 15 is 0 Å². The number of amides is 2. The van der Waals surface area contributed by atoms with E-state index in [0.717, 1.165) is 6.42 Å². The lowest BCUT2D eigenvalue weighted by Crippen LogP contribution is -2.30. The molecule has 3 aromatic rings. The predicted molar refractivity (Wildman–Crippen MR) is 130 cm³/mol. The first-order valence-corrected chi connectivity index (χ1v) is 11.8. The van der Waals surface area contributed by atoms with Crippen LogP contribution >= 0.6 is 0 Å². The molecule has 0 N–H and O–H groups in total. The zero-order valence-electron chi connectivity index (χ0n) is 19.1. The number of hydrogen-bond donors (Lipinski definition) is 0. The summed E-state index contributed by atoms with van der Waals surface area (Å²) in [6.45, 7) is -0.361. The average molecular weight is 468 g/mol. The fourth-order valence-electron chi connectivity index (χ4n) is 5.13. The number of nitrogens with zero attached hydrogens (tertiary/aromatic N) is 1. The number of carbonyl (C=O) groups is 4. The first-order valence-electron chi connectivity index (χ1n) is 11.8. The van der Waals surface area contributed by atoms with Crippen molar-refractivity contribution in [3.05, 3.63) is 102 Å². The summed E-state index contributed by atoms with van der Waals surface area (Å²) in [5.41, 5.74) is 2.37. The molecule has 0 radical (unpaired) electrons. The fraction of sp³-hybridized carbons (Fsp3) is 0.241. The van der Waals surface area contributed by atoms with E-state index in [1.54, 1.807) is 42.5 Å². The Morgan fingerprint density at radius 3 is 2.06 bits per heavy atom. The van der Waals surface area contributed by atoms with Crippen molar-refractivity contribution in [3.63, 3.8) is 0 Å².